The highest BCUT2D eigenvalue weighted by Crippen LogP contribution is 2.09. The molecule has 0 saturated carbocycles. The lowest BCUT2D eigenvalue weighted by molar-refractivity contribution is -0.127. The first-order valence-electron chi connectivity index (χ1n) is 7.65. The van der Waals surface area contributed by atoms with E-state index in [1.54, 1.807) is 17.0 Å². The Labute approximate surface area is 125 Å². The molecule has 0 aliphatic carbocycles. The summed E-state index contributed by atoms with van der Waals surface area (Å²) in [6.07, 6.45) is 5.83. The number of anilines is 1. The van der Waals surface area contributed by atoms with Crippen LogP contribution < -0.4 is 10.9 Å². The summed E-state index contributed by atoms with van der Waals surface area (Å²) in [7, 11) is 0. The van der Waals surface area contributed by atoms with Crippen molar-refractivity contribution in [2.45, 2.75) is 39.7 Å². The number of nitrogens with zero attached hydrogens (tertiary/aromatic N) is 3. The van der Waals surface area contributed by atoms with E-state index in [0.717, 1.165) is 25.9 Å². The maximum atomic E-state index is 12.2. The lowest BCUT2D eigenvalue weighted by atomic mass is 10.2. The van der Waals surface area contributed by atoms with Gasteiger partial charge >= 0.3 is 0 Å². The van der Waals surface area contributed by atoms with Gasteiger partial charge in [-0.25, -0.2) is 4.98 Å². The van der Waals surface area contributed by atoms with Gasteiger partial charge in [0, 0.05) is 45.0 Å². The van der Waals surface area contributed by atoms with E-state index in [9.17, 15) is 9.59 Å². The highest BCUT2D eigenvalue weighted by Gasteiger charge is 2.18. The molecule has 1 N–H and O–H groups in total. The lowest BCUT2D eigenvalue weighted by Crippen LogP contribution is -2.29. The lowest BCUT2D eigenvalue weighted by Gasteiger charge is -2.15. The first-order valence-corrected chi connectivity index (χ1v) is 7.65. The Morgan fingerprint density at radius 2 is 2.19 bits per heavy atom. The fourth-order valence-corrected chi connectivity index (χ4v) is 2.52. The Morgan fingerprint density at radius 3 is 2.86 bits per heavy atom. The number of nitrogens with one attached hydrogen (secondary N) is 1. The van der Waals surface area contributed by atoms with Gasteiger partial charge in [0.25, 0.3) is 5.56 Å². The van der Waals surface area contributed by atoms with E-state index in [2.05, 4.69) is 24.1 Å². The van der Waals surface area contributed by atoms with Crippen LogP contribution in [0.5, 0.6) is 0 Å². The molecule has 0 aromatic carbocycles. The van der Waals surface area contributed by atoms with E-state index in [4.69, 9.17) is 0 Å². The van der Waals surface area contributed by atoms with Crippen LogP contribution in [0, 0.1) is 5.92 Å². The monoisotopic (exact) mass is 292 g/mol. The normalized spacial score (nSPS) is 15.0. The number of carbonyl (C=O) groups excluding carboxylic acids is 1. The summed E-state index contributed by atoms with van der Waals surface area (Å²) in [5.74, 6) is 1.05. The smallest absolute Gasteiger partial charge is 0.293 e. The van der Waals surface area contributed by atoms with Gasteiger partial charge in [-0.05, 0) is 18.8 Å². The van der Waals surface area contributed by atoms with Crippen molar-refractivity contribution in [2.75, 3.05) is 25.0 Å². The molecule has 21 heavy (non-hydrogen) atoms. The number of amides is 1. The molecule has 0 spiro atoms. The van der Waals surface area contributed by atoms with E-state index < -0.39 is 0 Å². The zero-order chi connectivity index (χ0) is 15.2. The summed E-state index contributed by atoms with van der Waals surface area (Å²) in [6, 6.07) is 0. The molecule has 0 bridgehead atoms. The van der Waals surface area contributed by atoms with Crippen LogP contribution in [0.1, 0.15) is 33.1 Å². The van der Waals surface area contributed by atoms with E-state index in [1.165, 1.54) is 0 Å². The molecule has 0 radical (unpaired) electrons. The molecule has 2 rings (SSSR count). The Hall–Kier alpha value is -1.85. The summed E-state index contributed by atoms with van der Waals surface area (Å²) >= 11 is 0. The molecule has 116 valence electrons. The number of rotatable bonds is 7. The number of hydrogen-bond donors (Lipinski definition) is 1. The fourth-order valence-electron chi connectivity index (χ4n) is 2.52. The summed E-state index contributed by atoms with van der Waals surface area (Å²) < 4.78 is 1.68. The molecule has 1 amide bonds. The van der Waals surface area contributed by atoms with Gasteiger partial charge in [0.05, 0.1) is 0 Å². The molecule has 1 saturated heterocycles. The highest BCUT2D eigenvalue weighted by atomic mass is 16.2. The largest absolute Gasteiger partial charge is 0.365 e. The van der Waals surface area contributed by atoms with Crippen molar-refractivity contribution in [3.05, 3.63) is 22.7 Å². The molecule has 0 unspecified atom stereocenters. The fraction of sp³-hybridized carbons (Fsp3) is 0.667. The van der Waals surface area contributed by atoms with Crippen molar-refractivity contribution in [1.29, 1.82) is 0 Å². The van der Waals surface area contributed by atoms with E-state index in [0.29, 0.717) is 31.2 Å². The van der Waals surface area contributed by atoms with Gasteiger partial charge in [-0.3, -0.25) is 9.59 Å². The minimum Gasteiger partial charge on any atom is -0.365 e. The van der Waals surface area contributed by atoms with Gasteiger partial charge in [-0.15, -0.1) is 0 Å². The Balaban J connectivity index is 1.83. The molecule has 1 aromatic heterocycles. The Morgan fingerprint density at radius 1 is 1.38 bits per heavy atom. The Kier molecular flexibility index (Phi) is 5.36. The average Bonchev–Trinajstić information content (AvgIpc) is 2.84. The average molecular weight is 292 g/mol. The summed E-state index contributed by atoms with van der Waals surface area (Å²) in [4.78, 5) is 29.7. The van der Waals surface area contributed by atoms with Gasteiger partial charge in [0.15, 0.2) is 5.82 Å². The third kappa shape index (κ3) is 4.31. The van der Waals surface area contributed by atoms with Crippen molar-refractivity contribution >= 4 is 11.7 Å². The van der Waals surface area contributed by atoms with E-state index in [-0.39, 0.29) is 11.5 Å². The van der Waals surface area contributed by atoms with Crippen molar-refractivity contribution in [2.24, 2.45) is 5.92 Å². The van der Waals surface area contributed by atoms with Crippen LogP contribution in [0.4, 0.5) is 5.82 Å². The first-order chi connectivity index (χ1) is 10.1. The molecule has 1 aliphatic heterocycles. The van der Waals surface area contributed by atoms with E-state index in [1.807, 2.05) is 4.90 Å². The summed E-state index contributed by atoms with van der Waals surface area (Å²) in [5.41, 5.74) is -0.0801. The SMILES string of the molecule is CC(C)Cn1ccnc(NCCCN2CCCC2=O)c1=O. The van der Waals surface area contributed by atoms with Gasteiger partial charge in [-0.2, -0.15) is 0 Å². The predicted octanol–water partition coefficient (Wildman–Crippen LogP) is 1.32. The molecular weight excluding hydrogens is 268 g/mol. The second-order valence-corrected chi connectivity index (χ2v) is 5.89. The number of hydrogen-bond acceptors (Lipinski definition) is 4. The molecule has 0 atom stereocenters. The van der Waals surface area contributed by atoms with Crippen molar-refractivity contribution in [3.8, 4) is 0 Å². The Bertz CT molecular complexity index is 539. The zero-order valence-electron chi connectivity index (χ0n) is 12.8. The maximum Gasteiger partial charge on any atom is 0.293 e. The topological polar surface area (TPSA) is 67.2 Å². The molecule has 6 heteroatoms. The standard InChI is InChI=1S/C15H24N4O2/c1-12(2)11-19-10-7-17-14(15(19)21)16-6-4-9-18-8-3-5-13(18)20/h7,10,12H,3-6,8-9,11H2,1-2H3,(H,16,17). The number of carbonyl (C=O) groups is 1. The van der Waals surface area contributed by atoms with Crippen LogP contribution in [0.15, 0.2) is 17.2 Å². The van der Waals surface area contributed by atoms with Gasteiger partial charge in [0.2, 0.25) is 5.91 Å². The third-order valence-electron chi connectivity index (χ3n) is 3.54. The minimum atomic E-state index is -0.0801. The van der Waals surface area contributed by atoms with Crippen molar-refractivity contribution < 1.29 is 4.79 Å². The van der Waals surface area contributed by atoms with Crippen molar-refractivity contribution in [3.63, 3.8) is 0 Å². The van der Waals surface area contributed by atoms with Crippen LogP contribution in [-0.4, -0.2) is 40.0 Å². The molecule has 1 fully saturated rings. The minimum absolute atomic E-state index is 0.0801. The van der Waals surface area contributed by atoms with E-state index >= 15 is 0 Å². The van der Waals surface area contributed by atoms with Crippen LogP contribution in [0.25, 0.3) is 0 Å². The summed E-state index contributed by atoms with van der Waals surface area (Å²) in [5, 5.41) is 3.08. The first kappa shape index (κ1) is 15.5. The molecule has 2 heterocycles. The maximum absolute atomic E-state index is 12.2. The van der Waals surface area contributed by atoms with Crippen LogP contribution in [-0.2, 0) is 11.3 Å². The molecule has 6 nitrogen and oxygen atoms in total. The van der Waals surface area contributed by atoms with Gasteiger partial charge < -0.3 is 14.8 Å². The van der Waals surface area contributed by atoms with Crippen LogP contribution >= 0.6 is 0 Å². The number of likely N-dealkylation sites (tertiary alicyclic amines) is 1. The quantitative estimate of drug-likeness (QED) is 0.770. The highest BCUT2D eigenvalue weighted by molar-refractivity contribution is 5.77. The second-order valence-electron chi connectivity index (χ2n) is 5.89. The molecular formula is C15H24N4O2. The predicted molar refractivity (Wildman–Crippen MR) is 82.3 cm³/mol. The number of aromatic nitrogens is 2. The molecule has 1 aromatic rings. The van der Waals surface area contributed by atoms with Crippen molar-refractivity contribution in [1.82, 2.24) is 14.5 Å². The third-order valence-corrected chi connectivity index (χ3v) is 3.54. The summed E-state index contributed by atoms with van der Waals surface area (Å²) in [6.45, 7) is 7.11. The van der Waals surface area contributed by atoms with Gasteiger partial charge in [0.1, 0.15) is 0 Å². The zero-order valence-corrected chi connectivity index (χ0v) is 12.8. The second kappa shape index (κ2) is 7.24. The van der Waals surface area contributed by atoms with Crippen LogP contribution in [0.3, 0.4) is 0 Å². The van der Waals surface area contributed by atoms with Gasteiger partial charge in [-0.1, -0.05) is 13.8 Å². The molecule has 1 aliphatic rings. The van der Waals surface area contributed by atoms with Crippen LogP contribution in [0.2, 0.25) is 0 Å².